The first-order valence-electron chi connectivity index (χ1n) is 7.45. The summed E-state index contributed by atoms with van der Waals surface area (Å²) in [6, 6.07) is 2.87. The van der Waals surface area contributed by atoms with Crippen LogP contribution in [0.3, 0.4) is 0 Å². The van der Waals surface area contributed by atoms with Crippen molar-refractivity contribution in [1.29, 1.82) is 0 Å². The van der Waals surface area contributed by atoms with Crippen LogP contribution in [-0.2, 0) is 9.84 Å². The van der Waals surface area contributed by atoms with E-state index in [1.165, 1.54) is 0 Å². The number of amides is 2. The molecule has 2 amide bonds. The molecule has 0 aliphatic carbocycles. The van der Waals surface area contributed by atoms with Gasteiger partial charge >= 0.3 is 6.03 Å². The molecule has 1 aliphatic rings. The summed E-state index contributed by atoms with van der Waals surface area (Å²) < 4.78 is 25.2. The van der Waals surface area contributed by atoms with E-state index in [0.29, 0.717) is 30.1 Å². The zero-order chi connectivity index (χ0) is 16.6. The maximum absolute atomic E-state index is 12.5. The number of hydrogen-bond acceptors (Lipinski definition) is 5. The van der Waals surface area contributed by atoms with Gasteiger partial charge in [-0.05, 0) is 32.4 Å². The molecule has 1 atom stereocenters. The first kappa shape index (κ1) is 15.7. The van der Waals surface area contributed by atoms with E-state index < -0.39 is 9.84 Å². The molecule has 1 N–H and O–H groups in total. The normalized spacial score (nSPS) is 21.1. The highest BCUT2D eigenvalue weighted by atomic mass is 32.2. The van der Waals surface area contributed by atoms with Crippen molar-refractivity contribution >= 4 is 27.2 Å². The summed E-state index contributed by atoms with van der Waals surface area (Å²) >= 11 is 0. The number of hydrogen-bond donors (Lipinski definition) is 1. The Morgan fingerprint density at radius 1 is 1.39 bits per heavy atom. The van der Waals surface area contributed by atoms with Crippen molar-refractivity contribution in [2.24, 2.45) is 0 Å². The van der Waals surface area contributed by atoms with Gasteiger partial charge in [-0.2, -0.15) is 5.10 Å². The van der Waals surface area contributed by atoms with Crippen LogP contribution >= 0.6 is 0 Å². The predicted molar refractivity (Wildman–Crippen MR) is 86.2 cm³/mol. The van der Waals surface area contributed by atoms with E-state index in [9.17, 15) is 13.2 Å². The second-order valence-electron chi connectivity index (χ2n) is 5.82. The molecule has 0 radical (unpaired) electrons. The number of nitrogens with zero attached hydrogens (tertiary/aromatic N) is 4. The molecule has 1 unspecified atom stereocenters. The van der Waals surface area contributed by atoms with Gasteiger partial charge < -0.3 is 10.2 Å². The Labute approximate surface area is 134 Å². The number of aromatic nitrogens is 3. The van der Waals surface area contributed by atoms with Gasteiger partial charge in [-0.15, -0.1) is 0 Å². The minimum absolute atomic E-state index is 0.00171. The number of fused-ring (bicyclic) bond motifs is 1. The Balaban J connectivity index is 1.76. The van der Waals surface area contributed by atoms with E-state index in [4.69, 9.17) is 0 Å². The molecule has 2 aromatic heterocycles. The lowest BCUT2D eigenvalue weighted by Crippen LogP contribution is -2.43. The number of aryl methyl sites for hydroxylation is 1. The van der Waals surface area contributed by atoms with Gasteiger partial charge in [-0.3, -0.25) is 0 Å². The maximum atomic E-state index is 12.5. The fraction of sp³-hybridized carbons (Fsp3) is 0.500. The molecule has 1 fully saturated rings. The van der Waals surface area contributed by atoms with Crippen molar-refractivity contribution in [3.63, 3.8) is 0 Å². The zero-order valence-electron chi connectivity index (χ0n) is 13.1. The van der Waals surface area contributed by atoms with Crippen LogP contribution in [0.15, 0.2) is 18.3 Å². The van der Waals surface area contributed by atoms with Gasteiger partial charge in [0, 0.05) is 12.6 Å². The Morgan fingerprint density at radius 3 is 2.96 bits per heavy atom. The van der Waals surface area contributed by atoms with Crippen molar-refractivity contribution in [3.8, 4) is 0 Å². The summed E-state index contributed by atoms with van der Waals surface area (Å²) in [7, 11) is -3.08. The number of rotatable bonds is 1. The summed E-state index contributed by atoms with van der Waals surface area (Å²) in [5, 5.41) is 7.01. The van der Waals surface area contributed by atoms with Crippen molar-refractivity contribution < 1.29 is 13.2 Å². The van der Waals surface area contributed by atoms with E-state index in [-0.39, 0.29) is 23.6 Å². The number of pyridine rings is 1. The van der Waals surface area contributed by atoms with Crippen molar-refractivity contribution in [1.82, 2.24) is 19.5 Å². The number of carbonyl (C=O) groups is 1. The first-order valence-corrected chi connectivity index (χ1v) is 9.27. The van der Waals surface area contributed by atoms with Gasteiger partial charge in [-0.1, -0.05) is 0 Å². The van der Waals surface area contributed by atoms with E-state index in [2.05, 4.69) is 15.4 Å². The molecule has 9 heteroatoms. The van der Waals surface area contributed by atoms with Crippen LogP contribution in [0.4, 0.5) is 10.5 Å². The molecule has 124 valence electrons. The van der Waals surface area contributed by atoms with Crippen molar-refractivity contribution in [2.75, 3.05) is 23.4 Å². The SMILES string of the molecule is Cc1nc2ccc(NC(=O)N3CCCS(=O)(=O)CC3C)cn2n1. The average molecular weight is 337 g/mol. The van der Waals surface area contributed by atoms with Crippen LogP contribution in [0, 0.1) is 6.92 Å². The number of nitrogens with one attached hydrogen (secondary N) is 1. The Kier molecular flexibility index (Phi) is 3.97. The molecule has 0 spiro atoms. The minimum Gasteiger partial charge on any atom is -0.321 e. The lowest BCUT2D eigenvalue weighted by Gasteiger charge is -2.26. The molecular formula is C14H19N5O3S. The van der Waals surface area contributed by atoms with Crippen LogP contribution < -0.4 is 5.32 Å². The zero-order valence-corrected chi connectivity index (χ0v) is 13.9. The highest BCUT2D eigenvalue weighted by Gasteiger charge is 2.28. The van der Waals surface area contributed by atoms with Crippen LogP contribution in [0.2, 0.25) is 0 Å². The molecule has 0 saturated carbocycles. The molecule has 1 saturated heterocycles. The highest BCUT2D eigenvalue weighted by Crippen LogP contribution is 2.15. The van der Waals surface area contributed by atoms with Crippen LogP contribution in [0.5, 0.6) is 0 Å². The van der Waals surface area contributed by atoms with E-state index in [1.807, 2.05) is 0 Å². The Bertz CT molecular complexity index is 845. The van der Waals surface area contributed by atoms with Gasteiger partial charge in [-0.25, -0.2) is 22.7 Å². The predicted octanol–water partition coefficient (Wildman–Crippen LogP) is 1.08. The molecule has 0 bridgehead atoms. The van der Waals surface area contributed by atoms with Gasteiger partial charge in [0.15, 0.2) is 15.5 Å². The van der Waals surface area contributed by atoms with E-state index in [1.54, 1.807) is 41.6 Å². The number of carbonyl (C=O) groups excluding carboxylic acids is 1. The van der Waals surface area contributed by atoms with E-state index in [0.717, 1.165) is 0 Å². The molecule has 2 aromatic rings. The summed E-state index contributed by atoms with van der Waals surface area (Å²) in [5.41, 5.74) is 1.29. The third kappa shape index (κ3) is 3.44. The molecule has 3 rings (SSSR count). The van der Waals surface area contributed by atoms with Gasteiger partial charge in [0.05, 0.1) is 23.4 Å². The second-order valence-corrected chi connectivity index (χ2v) is 8.05. The largest absolute Gasteiger partial charge is 0.322 e. The van der Waals surface area contributed by atoms with Crippen LogP contribution in [0.1, 0.15) is 19.2 Å². The quantitative estimate of drug-likeness (QED) is 0.840. The Morgan fingerprint density at radius 2 is 2.17 bits per heavy atom. The highest BCUT2D eigenvalue weighted by molar-refractivity contribution is 7.91. The summed E-state index contributed by atoms with van der Waals surface area (Å²) in [6.45, 7) is 3.98. The number of sulfone groups is 1. The fourth-order valence-electron chi connectivity index (χ4n) is 2.78. The summed E-state index contributed by atoms with van der Waals surface area (Å²) in [5.74, 6) is 0.785. The smallest absolute Gasteiger partial charge is 0.321 e. The third-order valence-corrected chi connectivity index (χ3v) is 5.73. The topological polar surface area (TPSA) is 96.7 Å². The minimum atomic E-state index is -3.08. The average Bonchev–Trinajstić information content (AvgIpc) is 2.74. The molecule has 1 aliphatic heterocycles. The Hall–Kier alpha value is -2.16. The van der Waals surface area contributed by atoms with Crippen LogP contribution in [-0.4, -0.2) is 58.0 Å². The monoisotopic (exact) mass is 337 g/mol. The molecule has 8 nitrogen and oxygen atoms in total. The lowest BCUT2D eigenvalue weighted by atomic mass is 10.3. The first-order chi connectivity index (χ1) is 10.8. The van der Waals surface area contributed by atoms with Gasteiger partial charge in [0.1, 0.15) is 5.82 Å². The molecule has 3 heterocycles. The van der Waals surface area contributed by atoms with Gasteiger partial charge in [0.25, 0.3) is 0 Å². The number of urea groups is 1. The summed E-state index contributed by atoms with van der Waals surface area (Å²) in [4.78, 5) is 18.3. The number of anilines is 1. The van der Waals surface area contributed by atoms with E-state index >= 15 is 0 Å². The van der Waals surface area contributed by atoms with Crippen molar-refractivity contribution in [3.05, 3.63) is 24.2 Å². The molecule has 0 aromatic carbocycles. The fourth-order valence-corrected chi connectivity index (χ4v) is 4.43. The maximum Gasteiger partial charge on any atom is 0.322 e. The standard InChI is InChI=1S/C14H19N5O3S/c1-10-9-23(21,22)7-3-6-18(10)14(20)16-12-4-5-13-15-11(2)17-19(13)8-12/h4-5,8,10H,3,6-7,9H2,1-2H3,(H,16,20). The molecular weight excluding hydrogens is 318 g/mol. The third-order valence-electron chi connectivity index (χ3n) is 3.83. The van der Waals surface area contributed by atoms with Crippen molar-refractivity contribution in [2.45, 2.75) is 26.3 Å². The lowest BCUT2D eigenvalue weighted by molar-refractivity contribution is 0.199. The molecule has 23 heavy (non-hydrogen) atoms. The van der Waals surface area contributed by atoms with Gasteiger partial charge in [0.2, 0.25) is 0 Å². The second kappa shape index (κ2) is 5.80. The van der Waals surface area contributed by atoms with Crippen LogP contribution in [0.25, 0.3) is 5.65 Å². The summed E-state index contributed by atoms with van der Waals surface area (Å²) in [6.07, 6.45) is 2.15.